The molecular weight excluding hydrogens is 626 g/mol. The topological polar surface area (TPSA) is 101 Å². The molecule has 1 aliphatic carbocycles. The van der Waals surface area contributed by atoms with Gasteiger partial charge in [0.1, 0.15) is 12.3 Å². The number of imide groups is 1. The molecule has 0 N–H and O–H groups in total. The minimum Gasteiger partial charge on any atom is -0.423 e. The number of halogens is 4. The molecule has 42 heavy (non-hydrogen) atoms. The van der Waals surface area contributed by atoms with Gasteiger partial charge < -0.3 is 4.74 Å². The number of amides is 3. The summed E-state index contributed by atoms with van der Waals surface area (Å²) in [6.07, 6.45) is 2.66. The molecule has 5 rings (SSSR count). The molecule has 2 atom stereocenters. The maximum atomic E-state index is 13.7. The maximum Gasteiger partial charge on any atom is 0.345 e. The molecule has 0 bridgehead atoms. The normalized spacial score (nSPS) is 18.0. The Morgan fingerprint density at radius 1 is 0.762 bits per heavy atom. The van der Waals surface area contributed by atoms with Crippen LogP contribution in [-0.2, 0) is 9.59 Å². The Balaban J connectivity index is 1.38. The van der Waals surface area contributed by atoms with Crippen molar-refractivity contribution >= 4 is 75.9 Å². The van der Waals surface area contributed by atoms with Crippen LogP contribution in [0.5, 0.6) is 5.75 Å². The number of rotatable bonds is 7. The smallest absolute Gasteiger partial charge is 0.345 e. The van der Waals surface area contributed by atoms with Crippen molar-refractivity contribution < 1.29 is 28.7 Å². The van der Waals surface area contributed by atoms with E-state index >= 15 is 0 Å². The average molecular weight is 648 g/mol. The fourth-order valence-corrected chi connectivity index (χ4v) is 6.15. The number of ketones is 1. The standard InChI is InChI=1S/C30H22Cl4N2O6/c31-17-7-11-22(24(33)13-17)27(38)35(36-28(39)20-3-1-2-4-21(20)29(36)40)15-26(37)16-5-9-19(10-6-16)42-30(41)23-12-8-18(32)14-25(23)34/h5-14,20-21H,1-4,15H2/t20-,21-/m0/s1. The Morgan fingerprint density at radius 3 is 1.81 bits per heavy atom. The van der Waals surface area contributed by atoms with E-state index in [9.17, 15) is 24.0 Å². The first kappa shape index (κ1) is 30.0. The summed E-state index contributed by atoms with van der Waals surface area (Å²) in [6.45, 7) is -0.617. The summed E-state index contributed by atoms with van der Waals surface area (Å²) in [5.74, 6) is -4.06. The summed E-state index contributed by atoms with van der Waals surface area (Å²) in [7, 11) is 0. The third kappa shape index (κ3) is 6.03. The summed E-state index contributed by atoms with van der Waals surface area (Å²) >= 11 is 24.2. The van der Waals surface area contributed by atoms with Gasteiger partial charge in [-0.05, 0) is 73.5 Å². The van der Waals surface area contributed by atoms with Gasteiger partial charge in [-0.15, -0.1) is 0 Å². The highest BCUT2D eigenvalue weighted by atomic mass is 35.5. The van der Waals surface area contributed by atoms with Crippen LogP contribution in [0.15, 0.2) is 60.7 Å². The number of hydrogen-bond donors (Lipinski definition) is 0. The van der Waals surface area contributed by atoms with Crippen LogP contribution in [-0.4, -0.2) is 46.0 Å². The number of fused-ring (bicyclic) bond motifs is 1. The van der Waals surface area contributed by atoms with Gasteiger partial charge >= 0.3 is 5.97 Å². The number of benzene rings is 3. The maximum absolute atomic E-state index is 13.7. The minimum absolute atomic E-state index is 0.00780. The molecule has 0 spiro atoms. The van der Waals surface area contributed by atoms with E-state index in [-0.39, 0.29) is 37.5 Å². The molecule has 216 valence electrons. The number of esters is 1. The average Bonchev–Trinajstić information content (AvgIpc) is 3.21. The van der Waals surface area contributed by atoms with Gasteiger partial charge in [0, 0.05) is 15.6 Å². The lowest BCUT2D eigenvalue weighted by molar-refractivity contribution is -0.154. The highest BCUT2D eigenvalue weighted by Gasteiger charge is 2.52. The van der Waals surface area contributed by atoms with Crippen LogP contribution in [0, 0.1) is 11.8 Å². The Labute approximate surface area is 261 Å². The molecule has 3 aromatic carbocycles. The van der Waals surface area contributed by atoms with Gasteiger partial charge in [0.15, 0.2) is 5.78 Å². The highest BCUT2D eigenvalue weighted by Crippen LogP contribution is 2.39. The zero-order chi connectivity index (χ0) is 30.1. The predicted octanol–water partition coefficient (Wildman–Crippen LogP) is 6.93. The third-order valence-electron chi connectivity index (χ3n) is 7.29. The van der Waals surface area contributed by atoms with Gasteiger partial charge in [0.2, 0.25) is 0 Å². The molecule has 2 aliphatic rings. The Morgan fingerprint density at radius 2 is 1.29 bits per heavy atom. The van der Waals surface area contributed by atoms with E-state index < -0.39 is 47.9 Å². The number of nitrogens with zero attached hydrogens (tertiary/aromatic N) is 2. The van der Waals surface area contributed by atoms with Gasteiger partial charge in [-0.2, -0.15) is 5.01 Å². The number of ether oxygens (including phenoxy) is 1. The van der Waals surface area contributed by atoms with Crippen LogP contribution in [0.4, 0.5) is 0 Å². The Hall–Kier alpha value is -3.43. The molecule has 2 fully saturated rings. The van der Waals surface area contributed by atoms with Crippen LogP contribution < -0.4 is 4.74 Å². The quantitative estimate of drug-likeness (QED) is 0.119. The minimum atomic E-state index is -0.796. The first-order chi connectivity index (χ1) is 20.0. The second-order valence-electron chi connectivity index (χ2n) is 9.93. The van der Waals surface area contributed by atoms with Crippen molar-refractivity contribution in [3.05, 3.63) is 97.4 Å². The molecule has 1 aliphatic heterocycles. The number of carbonyl (C=O) groups excluding carboxylic acids is 5. The summed E-state index contributed by atoms with van der Waals surface area (Å²) < 4.78 is 5.35. The largest absolute Gasteiger partial charge is 0.423 e. The van der Waals surface area contributed by atoms with Crippen molar-refractivity contribution in [3.63, 3.8) is 0 Å². The lowest BCUT2D eigenvalue weighted by atomic mass is 9.81. The Kier molecular flexibility index (Phi) is 8.89. The molecule has 3 amide bonds. The number of Topliss-reactive ketones (excluding diaryl/α,β-unsaturated/α-hetero) is 1. The molecule has 8 nitrogen and oxygen atoms in total. The first-order valence-electron chi connectivity index (χ1n) is 13.0. The first-order valence-corrected chi connectivity index (χ1v) is 14.5. The second-order valence-corrected chi connectivity index (χ2v) is 11.6. The predicted molar refractivity (Wildman–Crippen MR) is 157 cm³/mol. The molecule has 1 heterocycles. The fraction of sp³-hybridized carbons (Fsp3) is 0.233. The van der Waals surface area contributed by atoms with Crippen molar-refractivity contribution in [2.45, 2.75) is 25.7 Å². The van der Waals surface area contributed by atoms with Crippen LogP contribution >= 0.6 is 46.4 Å². The van der Waals surface area contributed by atoms with Crippen LogP contribution in [0.3, 0.4) is 0 Å². The van der Waals surface area contributed by atoms with E-state index in [2.05, 4.69) is 0 Å². The molecule has 0 aromatic heterocycles. The summed E-state index contributed by atoms with van der Waals surface area (Å²) in [6, 6.07) is 14.1. The summed E-state index contributed by atoms with van der Waals surface area (Å²) in [4.78, 5) is 66.4. The summed E-state index contributed by atoms with van der Waals surface area (Å²) in [5, 5.41) is 2.44. The highest BCUT2D eigenvalue weighted by molar-refractivity contribution is 6.37. The number of hydrogen-bond acceptors (Lipinski definition) is 6. The van der Waals surface area contributed by atoms with E-state index in [1.54, 1.807) is 0 Å². The number of carbonyl (C=O) groups is 5. The van der Waals surface area contributed by atoms with E-state index in [0.717, 1.165) is 22.9 Å². The third-order valence-corrected chi connectivity index (χ3v) is 8.38. The molecule has 1 saturated carbocycles. The van der Waals surface area contributed by atoms with Crippen molar-refractivity contribution in [2.75, 3.05) is 6.54 Å². The zero-order valence-electron chi connectivity index (χ0n) is 21.8. The van der Waals surface area contributed by atoms with Crippen molar-refractivity contribution in [1.29, 1.82) is 0 Å². The zero-order valence-corrected chi connectivity index (χ0v) is 24.8. The fourth-order valence-electron chi connectivity index (χ4n) is 5.17. The molecular formula is C30H22Cl4N2O6. The van der Waals surface area contributed by atoms with Crippen LogP contribution in [0.25, 0.3) is 0 Å². The van der Waals surface area contributed by atoms with Crippen molar-refractivity contribution in [1.82, 2.24) is 10.0 Å². The molecule has 0 unspecified atom stereocenters. The monoisotopic (exact) mass is 646 g/mol. The van der Waals surface area contributed by atoms with Gasteiger partial charge in [0.25, 0.3) is 17.7 Å². The van der Waals surface area contributed by atoms with E-state index in [1.165, 1.54) is 60.7 Å². The van der Waals surface area contributed by atoms with Crippen LogP contribution in [0.1, 0.15) is 56.8 Å². The van der Waals surface area contributed by atoms with Gasteiger partial charge in [-0.1, -0.05) is 59.2 Å². The van der Waals surface area contributed by atoms with Crippen LogP contribution in [0.2, 0.25) is 20.1 Å². The van der Waals surface area contributed by atoms with Gasteiger partial charge in [-0.3, -0.25) is 19.2 Å². The van der Waals surface area contributed by atoms with E-state index in [1.807, 2.05) is 0 Å². The Bertz CT molecular complexity index is 1590. The van der Waals surface area contributed by atoms with Crippen molar-refractivity contribution in [3.8, 4) is 5.75 Å². The lowest BCUT2D eigenvalue weighted by Crippen LogP contribution is -2.52. The lowest BCUT2D eigenvalue weighted by Gasteiger charge is -2.30. The second kappa shape index (κ2) is 12.4. The SMILES string of the molecule is O=C(CN(C(=O)c1ccc(Cl)cc1Cl)N1C(=O)[C@H]2CCCC[C@@H]2C1=O)c1ccc(OC(=O)c2ccc(Cl)cc2Cl)cc1. The van der Waals surface area contributed by atoms with Gasteiger partial charge in [-0.25, -0.2) is 9.80 Å². The molecule has 12 heteroatoms. The number of hydrazine groups is 1. The molecule has 3 aromatic rings. The van der Waals surface area contributed by atoms with Gasteiger partial charge in [0.05, 0.1) is 33.0 Å². The molecule has 1 saturated heterocycles. The molecule has 0 radical (unpaired) electrons. The van der Waals surface area contributed by atoms with E-state index in [0.29, 0.717) is 17.9 Å². The summed E-state index contributed by atoms with van der Waals surface area (Å²) in [5.41, 5.74) is 0.236. The van der Waals surface area contributed by atoms with E-state index in [4.69, 9.17) is 51.1 Å². The van der Waals surface area contributed by atoms with Crippen molar-refractivity contribution in [2.24, 2.45) is 11.8 Å².